The summed E-state index contributed by atoms with van der Waals surface area (Å²) >= 11 is 0. The molecule has 13 nitrogen and oxygen atoms in total. The standard InChI is InChI=1S/C49H70N4O9/c1-13-60-46-32(8)42(56)38-37-36(46)35(55)20-15-14-18-29(5)44(61-34(10)54)33(9)45(62-48(11,12)59)31(7)25-28(4)17-16-19-30(6)47(58)50-41(43(38)57)40-39(37)51-49(52-40)21-23-53(24-22-49)26-27(2)3/h14-17,19,27-29,31,33,44-45,52,56,59H,13,18,20-26H2,1-12H3,(H,50,58)/b15-14+,17-16+,30-19-/t28-,29+,31+,33-,44+,45+/m0/s1. The Bertz CT molecular complexity index is 2050. The van der Waals surface area contributed by atoms with Crippen LogP contribution in [0.15, 0.2) is 52.3 Å². The Balaban J connectivity index is 1.67. The van der Waals surface area contributed by atoms with Gasteiger partial charge in [0.25, 0.3) is 5.91 Å². The lowest BCUT2D eigenvalue weighted by atomic mass is 9.80. The first-order valence-corrected chi connectivity index (χ1v) is 22.4. The van der Waals surface area contributed by atoms with Crippen molar-refractivity contribution in [2.75, 3.05) is 26.2 Å². The van der Waals surface area contributed by atoms with Crippen molar-refractivity contribution < 1.29 is 43.6 Å². The molecule has 0 radical (unpaired) electrons. The summed E-state index contributed by atoms with van der Waals surface area (Å²) in [7, 11) is 0. The minimum Gasteiger partial charge on any atom is -0.507 e. The number of phenols is 1. The number of nitrogens with one attached hydrogen (secondary N) is 2. The van der Waals surface area contributed by atoms with Crippen molar-refractivity contribution in [3.05, 3.63) is 69.6 Å². The third kappa shape index (κ3) is 10.9. The first-order chi connectivity index (χ1) is 29.1. The maximum Gasteiger partial charge on any atom is 0.302 e. The molecule has 3 heterocycles. The highest BCUT2D eigenvalue weighted by Gasteiger charge is 2.48. The number of benzene rings is 1. The lowest BCUT2D eigenvalue weighted by Gasteiger charge is -2.39. The molecule has 0 saturated carbocycles. The number of fused-ring (bicyclic) bond motifs is 2. The normalized spacial score (nSPS) is 28.5. The Kier molecular flexibility index (Phi) is 15.5. The molecule has 1 aliphatic carbocycles. The fourth-order valence-corrected chi connectivity index (χ4v) is 9.47. The second-order valence-electron chi connectivity index (χ2n) is 18.9. The predicted molar refractivity (Wildman–Crippen MR) is 240 cm³/mol. The van der Waals surface area contributed by atoms with Crippen molar-refractivity contribution in [2.24, 2.45) is 34.6 Å². The average molecular weight is 859 g/mol. The molecule has 4 N–H and O–H groups in total. The number of esters is 1. The molecule has 1 fully saturated rings. The molecule has 4 aliphatic rings. The van der Waals surface area contributed by atoms with Crippen molar-refractivity contribution >= 4 is 29.2 Å². The van der Waals surface area contributed by atoms with Crippen LogP contribution in [-0.4, -0.2) is 94.2 Å². The number of allylic oxidation sites excluding steroid dienone is 7. The highest BCUT2D eigenvalue weighted by Crippen LogP contribution is 2.46. The second kappa shape index (κ2) is 19.8. The Hall–Kier alpha value is -4.59. The Labute approximate surface area is 368 Å². The molecule has 0 unspecified atom stereocenters. The summed E-state index contributed by atoms with van der Waals surface area (Å²) in [5.41, 5.74) is 0.582. The van der Waals surface area contributed by atoms with Gasteiger partial charge < -0.3 is 40.0 Å². The summed E-state index contributed by atoms with van der Waals surface area (Å²) in [6.45, 7) is 24.7. The lowest BCUT2D eigenvalue weighted by molar-refractivity contribution is -0.237. The SMILES string of the molecule is CCOc1c(C)c(O)c2c3c1C(=O)C/C=C/C[C@@H](C)[C@@H](OC(C)=O)[C@H](C)[C@H](OC(C)(C)O)[C@H](C)C[C@@H](C)/C=C/C=C(/C)C(=O)NC(=C1NC4(CCN(CC(C)C)CC4)N=C13)C2=O. The minimum absolute atomic E-state index is 0.0249. The van der Waals surface area contributed by atoms with Crippen LogP contribution < -0.4 is 15.4 Å². The molecule has 340 valence electrons. The van der Waals surface area contributed by atoms with Crippen LogP contribution in [0.1, 0.15) is 140 Å². The fraction of sp³-hybridized carbons (Fsp3) is 0.612. The monoisotopic (exact) mass is 859 g/mol. The molecular weight excluding hydrogens is 789 g/mol. The van der Waals surface area contributed by atoms with E-state index in [0.717, 1.165) is 19.6 Å². The van der Waals surface area contributed by atoms with E-state index >= 15 is 0 Å². The molecule has 5 rings (SSSR count). The van der Waals surface area contributed by atoms with Crippen molar-refractivity contribution in [1.29, 1.82) is 0 Å². The van der Waals surface area contributed by atoms with Gasteiger partial charge in [-0.3, -0.25) is 24.2 Å². The van der Waals surface area contributed by atoms with Gasteiger partial charge in [-0.2, -0.15) is 0 Å². The number of rotatable bonds is 7. The Morgan fingerprint density at radius 3 is 2.29 bits per heavy atom. The van der Waals surface area contributed by atoms with Gasteiger partial charge in [0.15, 0.2) is 11.6 Å². The number of Topliss-reactive ketones (excluding diaryl/α,β-unsaturated/α-hetero) is 2. The van der Waals surface area contributed by atoms with Crippen molar-refractivity contribution in [2.45, 2.75) is 139 Å². The molecule has 1 spiro atoms. The van der Waals surface area contributed by atoms with E-state index in [1.165, 1.54) is 6.92 Å². The number of aliphatic hydroxyl groups is 1. The third-order valence-corrected chi connectivity index (χ3v) is 12.4. The summed E-state index contributed by atoms with van der Waals surface area (Å²) < 4.78 is 18.4. The first kappa shape index (κ1) is 48.4. The Morgan fingerprint density at radius 1 is 1.00 bits per heavy atom. The third-order valence-electron chi connectivity index (χ3n) is 12.4. The number of phenolic OH excluding ortho intramolecular Hbond substituents is 1. The van der Waals surface area contributed by atoms with Crippen LogP contribution in [0.5, 0.6) is 11.5 Å². The number of carbonyl (C=O) groups is 4. The van der Waals surface area contributed by atoms with Crippen LogP contribution in [0, 0.1) is 36.5 Å². The van der Waals surface area contributed by atoms with Crippen LogP contribution >= 0.6 is 0 Å². The van der Waals surface area contributed by atoms with E-state index in [2.05, 4.69) is 43.2 Å². The number of amides is 1. The topological polar surface area (TPSA) is 176 Å². The highest BCUT2D eigenvalue weighted by atomic mass is 16.6. The van der Waals surface area contributed by atoms with Crippen LogP contribution in [0.3, 0.4) is 0 Å². The predicted octanol–water partition coefficient (Wildman–Crippen LogP) is 7.48. The summed E-state index contributed by atoms with van der Waals surface area (Å²) in [6.07, 6.45) is 10.3. The van der Waals surface area contributed by atoms with E-state index in [4.69, 9.17) is 19.2 Å². The largest absolute Gasteiger partial charge is 0.507 e. The molecule has 1 saturated heterocycles. The van der Waals surface area contributed by atoms with Gasteiger partial charge in [-0.25, -0.2) is 0 Å². The zero-order chi connectivity index (χ0) is 45.8. The van der Waals surface area contributed by atoms with E-state index in [0.29, 0.717) is 48.6 Å². The molecular formula is C49H70N4O9. The second-order valence-corrected chi connectivity index (χ2v) is 18.9. The highest BCUT2D eigenvalue weighted by molar-refractivity contribution is 6.34. The number of aliphatic imine (C=N–C) groups is 1. The molecule has 6 atom stereocenters. The van der Waals surface area contributed by atoms with Crippen molar-refractivity contribution in [3.8, 4) is 11.5 Å². The number of likely N-dealkylation sites (tertiary alicyclic amines) is 1. The first-order valence-electron chi connectivity index (χ1n) is 22.4. The minimum atomic E-state index is -1.45. The summed E-state index contributed by atoms with van der Waals surface area (Å²) in [5.74, 6) is -3.65. The number of ether oxygens (including phenoxy) is 3. The van der Waals surface area contributed by atoms with E-state index < -0.39 is 41.3 Å². The molecule has 3 aliphatic heterocycles. The van der Waals surface area contributed by atoms with Gasteiger partial charge >= 0.3 is 5.97 Å². The maximum absolute atomic E-state index is 14.8. The summed E-state index contributed by atoms with van der Waals surface area (Å²) in [4.78, 5) is 63.7. The summed E-state index contributed by atoms with van der Waals surface area (Å²) in [5, 5.41) is 29.1. The van der Waals surface area contributed by atoms with Gasteiger partial charge in [0.05, 0.1) is 35.2 Å². The number of piperidine rings is 1. The van der Waals surface area contributed by atoms with Crippen LogP contribution in [0.2, 0.25) is 0 Å². The van der Waals surface area contributed by atoms with Crippen molar-refractivity contribution in [1.82, 2.24) is 15.5 Å². The molecule has 1 aromatic carbocycles. The van der Waals surface area contributed by atoms with Crippen LogP contribution in [0.25, 0.3) is 0 Å². The van der Waals surface area contributed by atoms with E-state index in [1.807, 2.05) is 32.1 Å². The number of aromatic hydroxyl groups is 1. The molecule has 1 aromatic rings. The van der Waals surface area contributed by atoms with E-state index in [1.54, 1.807) is 46.8 Å². The number of carbonyl (C=O) groups excluding carboxylic acids is 4. The summed E-state index contributed by atoms with van der Waals surface area (Å²) in [6, 6.07) is 0. The van der Waals surface area contributed by atoms with E-state index in [-0.39, 0.29) is 81.9 Å². The van der Waals surface area contributed by atoms with Gasteiger partial charge in [-0.05, 0) is 71.1 Å². The van der Waals surface area contributed by atoms with Gasteiger partial charge in [0.2, 0.25) is 5.78 Å². The smallest absolute Gasteiger partial charge is 0.302 e. The van der Waals surface area contributed by atoms with Gasteiger partial charge in [0, 0.05) is 68.4 Å². The number of ketones is 2. The van der Waals surface area contributed by atoms with Gasteiger partial charge in [-0.1, -0.05) is 71.9 Å². The number of hydrogen-bond acceptors (Lipinski definition) is 12. The molecule has 0 aromatic heterocycles. The lowest BCUT2D eigenvalue weighted by Crippen LogP contribution is -2.50. The maximum atomic E-state index is 14.8. The molecule has 62 heavy (non-hydrogen) atoms. The van der Waals surface area contributed by atoms with Crippen LogP contribution in [-0.2, 0) is 19.1 Å². The van der Waals surface area contributed by atoms with Crippen LogP contribution in [0.4, 0.5) is 0 Å². The number of hydrogen-bond donors (Lipinski definition) is 4. The quantitative estimate of drug-likeness (QED) is 0.122. The fourth-order valence-electron chi connectivity index (χ4n) is 9.47. The van der Waals surface area contributed by atoms with Gasteiger partial charge in [-0.15, -0.1) is 0 Å². The van der Waals surface area contributed by atoms with Crippen molar-refractivity contribution in [3.63, 3.8) is 0 Å². The average Bonchev–Trinajstić information content (AvgIpc) is 3.56. The number of nitrogens with zero attached hydrogens (tertiary/aromatic N) is 2. The molecule has 1 amide bonds. The Morgan fingerprint density at radius 2 is 1.68 bits per heavy atom. The molecule has 13 heteroatoms. The molecule has 4 bridgehead atoms. The zero-order valence-electron chi connectivity index (χ0n) is 38.9. The zero-order valence-corrected chi connectivity index (χ0v) is 38.9. The van der Waals surface area contributed by atoms with E-state index in [9.17, 15) is 29.4 Å². The van der Waals surface area contributed by atoms with Gasteiger partial charge in [0.1, 0.15) is 29.0 Å².